The van der Waals surface area contributed by atoms with Crippen LogP contribution in [0.25, 0.3) is 0 Å². The van der Waals surface area contributed by atoms with Crippen LogP contribution in [0.3, 0.4) is 0 Å². The molecule has 2 bridgehead atoms. The summed E-state index contributed by atoms with van der Waals surface area (Å²) in [6.07, 6.45) is 3.43. The van der Waals surface area contributed by atoms with E-state index in [4.69, 9.17) is 5.11 Å². The van der Waals surface area contributed by atoms with Gasteiger partial charge in [0.25, 0.3) is 0 Å². The monoisotopic (exact) mass is 154 g/mol. The summed E-state index contributed by atoms with van der Waals surface area (Å²) < 4.78 is 0. The van der Waals surface area contributed by atoms with E-state index in [0.29, 0.717) is 11.8 Å². The quantitative estimate of drug-likeness (QED) is 0.658. The van der Waals surface area contributed by atoms with Crippen molar-refractivity contribution in [3.63, 3.8) is 0 Å². The number of carbonyl (C=O) groups is 1. The summed E-state index contributed by atoms with van der Waals surface area (Å²) in [6.45, 7) is 2.11. The minimum absolute atomic E-state index is 0.00463. The Morgan fingerprint density at radius 3 is 2.45 bits per heavy atom. The molecule has 3 aliphatic rings. The standard InChI is InChI=1S/C9H14O2/c1-2-7-5-3-6(4-5)8(7)9(10)11/h5-8H,2-4H2,1H3,(H,10,11). The summed E-state index contributed by atoms with van der Waals surface area (Å²) in [6, 6.07) is 0. The van der Waals surface area contributed by atoms with Gasteiger partial charge in [0.05, 0.1) is 5.92 Å². The lowest BCUT2D eigenvalue weighted by Gasteiger charge is -2.23. The lowest BCUT2D eigenvalue weighted by molar-refractivity contribution is -0.143. The molecule has 0 spiro atoms. The molecule has 2 atom stereocenters. The zero-order valence-corrected chi connectivity index (χ0v) is 6.79. The van der Waals surface area contributed by atoms with E-state index in [1.807, 2.05) is 0 Å². The average molecular weight is 154 g/mol. The van der Waals surface area contributed by atoms with E-state index in [9.17, 15) is 4.79 Å². The van der Waals surface area contributed by atoms with Crippen LogP contribution in [0.4, 0.5) is 0 Å². The Balaban J connectivity index is 2.13. The fourth-order valence-electron chi connectivity index (χ4n) is 2.97. The summed E-state index contributed by atoms with van der Waals surface area (Å²) in [4.78, 5) is 10.8. The number of aliphatic carboxylic acids is 1. The number of fused-ring (bicyclic) bond motifs is 1. The fraction of sp³-hybridized carbons (Fsp3) is 0.889. The number of hydrogen-bond donors (Lipinski definition) is 1. The van der Waals surface area contributed by atoms with Crippen molar-refractivity contribution >= 4 is 5.97 Å². The second kappa shape index (κ2) is 2.23. The van der Waals surface area contributed by atoms with Crippen molar-refractivity contribution in [2.24, 2.45) is 23.7 Å². The maximum absolute atomic E-state index is 10.8. The molecule has 0 saturated heterocycles. The van der Waals surface area contributed by atoms with Gasteiger partial charge >= 0.3 is 5.97 Å². The van der Waals surface area contributed by atoms with Gasteiger partial charge in [0.15, 0.2) is 0 Å². The molecule has 0 aromatic heterocycles. The lowest BCUT2D eigenvalue weighted by Crippen LogP contribution is -2.20. The smallest absolute Gasteiger partial charge is 0.307 e. The van der Waals surface area contributed by atoms with Crippen LogP contribution in [0.15, 0.2) is 0 Å². The first-order valence-electron chi connectivity index (χ1n) is 4.46. The molecule has 0 heterocycles. The largest absolute Gasteiger partial charge is 0.481 e. The predicted octanol–water partition coefficient (Wildman–Crippen LogP) is 1.75. The average Bonchev–Trinajstić information content (AvgIpc) is 2.35. The first-order chi connectivity index (χ1) is 5.24. The lowest BCUT2D eigenvalue weighted by atomic mass is 9.81. The highest BCUT2D eigenvalue weighted by Gasteiger charge is 2.54. The van der Waals surface area contributed by atoms with Crippen LogP contribution in [0.1, 0.15) is 26.2 Å². The molecule has 11 heavy (non-hydrogen) atoms. The zero-order chi connectivity index (χ0) is 8.01. The van der Waals surface area contributed by atoms with Gasteiger partial charge in [0.1, 0.15) is 0 Å². The summed E-state index contributed by atoms with van der Waals surface area (Å²) >= 11 is 0. The van der Waals surface area contributed by atoms with Crippen LogP contribution in [-0.2, 0) is 4.79 Å². The Hall–Kier alpha value is -0.530. The van der Waals surface area contributed by atoms with Crippen molar-refractivity contribution in [1.82, 2.24) is 0 Å². The van der Waals surface area contributed by atoms with Crippen molar-refractivity contribution in [2.75, 3.05) is 0 Å². The normalized spacial score (nSPS) is 47.0. The highest BCUT2D eigenvalue weighted by Crippen LogP contribution is 2.57. The van der Waals surface area contributed by atoms with Gasteiger partial charge in [-0.15, -0.1) is 0 Å². The molecule has 62 valence electrons. The molecular formula is C9H14O2. The van der Waals surface area contributed by atoms with Gasteiger partial charge in [0, 0.05) is 0 Å². The van der Waals surface area contributed by atoms with Gasteiger partial charge < -0.3 is 5.11 Å². The van der Waals surface area contributed by atoms with Gasteiger partial charge in [-0.05, 0) is 30.6 Å². The summed E-state index contributed by atoms with van der Waals surface area (Å²) in [5, 5.41) is 8.91. The van der Waals surface area contributed by atoms with E-state index in [-0.39, 0.29) is 5.92 Å². The highest BCUT2D eigenvalue weighted by molar-refractivity contribution is 5.72. The highest BCUT2D eigenvalue weighted by atomic mass is 16.4. The van der Waals surface area contributed by atoms with E-state index in [2.05, 4.69) is 6.92 Å². The van der Waals surface area contributed by atoms with Crippen molar-refractivity contribution in [1.29, 1.82) is 0 Å². The van der Waals surface area contributed by atoms with Crippen LogP contribution in [0, 0.1) is 23.7 Å². The Kier molecular flexibility index (Phi) is 1.44. The molecule has 2 nitrogen and oxygen atoms in total. The second-order valence-electron chi connectivity index (χ2n) is 3.93. The van der Waals surface area contributed by atoms with Gasteiger partial charge in [-0.3, -0.25) is 4.79 Å². The summed E-state index contributed by atoms with van der Waals surface area (Å²) in [5.74, 6) is 1.23. The minimum atomic E-state index is -0.554. The number of carboxylic acids is 1. The molecule has 0 aliphatic heterocycles. The number of hydrogen-bond acceptors (Lipinski definition) is 1. The van der Waals surface area contributed by atoms with Crippen molar-refractivity contribution in [2.45, 2.75) is 26.2 Å². The molecule has 0 radical (unpaired) electrons. The SMILES string of the molecule is CCC1C2CC(C2)C1C(=O)O. The van der Waals surface area contributed by atoms with E-state index in [0.717, 1.165) is 12.3 Å². The molecule has 3 rings (SSSR count). The van der Waals surface area contributed by atoms with Gasteiger partial charge in [0.2, 0.25) is 0 Å². The van der Waals surface area contributed by atoms with Crippen molar-refractivity contribution in [3.8, 4) is 0 Å². The van der Waals surface area contributed by atoms with Crippen LogP contribution < -0.4 is 0 Å². The van der Waals surface area contributed by atoms with Gasteiger partial charge in [-0.1, -0.05) is 13.3 Å². The summed E-state index contributed by atoms with van der Waals surface area (Å²) in [7, 11) is 0. The molecule has 3 aliphatic carbocycles. The molecular weight excluding hydrogens is 140 g/mol. The first kappa shape index (κ1) is 7.14. The van der Waals surface area contributed by atoms with Crippen LogP contribution >= 0.6 is 0 Å². The zero-order valence-electron chi connectivity index (χ0n) is 6.79. The van der Waals surface area contributed by atoms with Gasteiger partial charge in [-0.2, -0.15) is 0 Å². The van der Waals surface area contributed by atoms with Crippen molar-refractivity contribution < 1.29 is 9.90 Å². The number of carboxylic acid groups (broad SMARTS) is 1. The van der Waals surface area contributed by atoms with E-state index in [1.54, 1.807) is 0 Å². The van der Waals surface area contributed by atoms with Crippen LogP contribution in [0.5, 0.6) is 0 Å². The number of rotatable bonds is 2. The Labute approximate surface area is 66.6 Å². The third-order valence-corrected chi connectivity index (χ3v) is 3.54. The van der Waals surface area contributed by atoms with Crippen molar-refractivity contribution in [3.05, 3.63) is 0 Å². The molecule has 3 saturated carbocycles. The minimum Gasteiger partial charge on any atom is -0.481 e. The first-order valence-corrected chi connectivity index (χ1v) is 4.46. The maximum Gasteiger partial charge on any atom is 0.307 e. The second-order valence-corrected chi connectivity index (χ2v) is 3.93. The molecule has 1 N–H and O–H groups in total. The Morgan fingerprint density at radius 2 is 2.09 bits per heavy atom. The third-order valence-electron chi connectivity index (χ3n) is 3.54. The molecule has 3 fully saturated rings. The molecule has 2 heteroatoms. The maximum atomic E-state index is 10.8. The Bertz CT molecular complexity index is 182. The summed E-state index contributed by atoms with van der Waals surface area (Å²) in [5.41, 5.74) is 0. The molecule has 2 unspecified atom stereocenters. The Morgan fingerprint density at radius 1 is 1.45 bits per heavy atom. The van der Waals surface area contributed by atoms with Gasteiger partial charge in [-0.25, -0.2) is 0 Å². The molecule has 0 amide bonds. The van der Waals surface area contributed by atoms with Crippen LogP contribution in [0.2, 0.25) is 0 Å². The van der Waals surface area contributed by atoms with E-state index < -0.39 is 5.97 Å². The fourth-order valence-corrected chi connectivity index (χ4v) is 2.97. The molecule has 0 aromatic carbocycles. The third kappa shape index (κ3) is 0.815. The van der Waals surface area contributed by atoms with Crippen LogP contribution in [-0.4, -0.2) is 11.1 Å². The molecule has 0 aromatic rings. The topological polar surface area (TPSA) is 37.3 Å². The van der Waals surface area contributed by atoms with E-state index in [1.165, 1.54) is 12.8 Å². The van der Waals surface area contributed by atoms with E-state index >= 15 is 0 Å². The predicted molar refractivity (Wildman–Crippen MR) is 41.1 cm³/mol.